The van der Waals surface area contributed by atoms with Crippen molar-refractivity contribution in [1.82, 2.24) is 19.3 Å². The summed E-state index contributed by atoms with van der Waals surface area (Å²) in [5.41, 5.74) is 1.59. The van der Waals surface area contributed by atoms with Gasteiger partial charge in [-0.25, -0.2) is 4.98 Å². The molecule has 2 heterocycles. The minimum atomic E-state index is -0.0685. The maximum absolute atomic E-state index is 12.3. The number of benzene rings is 1. The molecule has 3 rings (SSSR count). The lowest BCUT2D eigenvalue weighted by Crippen LogP contribution is -2.21. The molecule has 0 radical (unpaired) electrons. The molecule has 0 saturated carbocycles. The van der Waals surface area contributed by atoms with Crippen LogP contribution in [0.4, 0.5) is 0 Å². The van der Waals surface area contributed by atoms with E-state index in [9.17, 15) is 4.79 Å². The Hall–Kier alpha value is -1.95. The monoisotopic (exact) mass is 318 g/mol. The minimum Gasteiger partial charge on any atom is -0.294 e. The Kier molecular flexibility index (Phi) is 2.94. The molecule has 0 unspecified atom stereocenters. The second-order valence-electron chi connectivity index (χ2n) is 4.31. The van der Waals surface area contributed by atoms with Crippen molar-refractivity contribution in [2.24, 2.45) is 7.05 Å². The predicted molar refractivity (Wildman–Crippen MR) is 76.0 cm³/mol. The fourth-order valence-corrected chi connectivity index (χ4v) is 2.23. The van der Waals surface area contributed by atoms with Crippen LogP contribution < -0.4 is 5.56 Å². The average Bonchev–Trinajstić information content (AvgIpc) is 2.78. The third kappa shape index (κ3) is 2.19. The van der Waals surface area contributed by atoms with Crippen molar-refractivity contribution in [1.29, 1.82) is 0 Å². The topological polar surface area (TPSA) is 52.7 Å². The summed E-state index contributed by atoms with van der Waals surface area (Å²) in [6.45, 7) is 0.504. The number of nitrogens with zero attached hydrogens (tertiary/aromatic N) is 4. The Morgan fingerprint density at radius 1 is 1.26 bits per heavy atom. The Morgan fingerprint density at radius 3 is 2.74 bits per heavy atom. The van der Waals surface area contributed by atoms with Gasteiger partial charge in [0, 0.05) is 11.5 Å². The lowest BCUT2D eigenvalue weighted by molar-refractivity contribution is 0.737. The van der Waals surface area contributed by atoms with Gasteiger partial charge < -0.3 is 0 Å². The number of hydrogen-bond donors (Lipinski definition) is 0. The quantitative estimate of drug-likeness (QED) is 0.725. The summed E-state index contributed by atoms with van der Waals surface area (Å²) >= 11 is 3.39. The molecule has 5 nitrogen and oxygen atoms in total. The van der Waals surface area contributed by atoms with Crippen molar-refractivity contribution in [3.8, 4) is 0 Å². The Morgan fingerprint density at radius 2 is 2.00 bits per heavy atom. The van der Waals surface area contributed by atoms with Crippen molar-refractivity contribution in [2.75, 3.05) is 0 Å². The molecule has 1 aromatic carbocycles. The third-order valence-corrected chi connectivity index (χ3v) is 3.51. The molecule has 19 heavy (non-hydrogen) atoms. The van der Waals surface area contributed by atoms with E-state index >= 15 is 0 Å². The van der Waals surface area contributed by atoms with Crippen molar-refractivity contribution >= 4 is 27.0 Å². The van der Waals surface area contributed by atoms with E-state index in [0.717, 1.165) is 10.0 Å². The van der Waals surface area contributed by atoms with Crippen molar-refractivity contribution < 1.29 is 0 Å². The number of fused-ring (bicyclic) bond motifs is 1. The summed E-state index contributed by atoms with van der Waals surface area (Å²) < 4.78 is 4.21. The number of hydrogen-bond acceptors (Lipinski definition) is 3. The van der Waals surface area contributed by atoms with Gasteiger partial charge in [-0.2, -0.15) is 5.10 Å². The fourth-order valence-electron chi connectivity index (χ4n) is 1.97. The van der Waals surface area contributed by atoms with Gasteiger partial charge in [-0.1, -0.05) is 28.1 Å². The minimum absolute atomic E-state index is 0.0685. The van der Waals surface area contributed by atoms with Crippen LogP contribution in [0.25, 0.3) is 11.0 Å². The molecule has 0 bridgehead atoms. The van der Waals surface area contributed by atoms with Gasteiger partial charge in [0.15, 0.2) is 5.65 Å². The first-order valence-electron chi connectivity index (χ1n) is 5.77. The van der Waals surface area contributed by atoms with Crippen LogP contribution in [0.2, 0.25) is 0 Å². The molecular formula is C13H11BrN4O. The zero-order valence-electron chi connectivity index (χ0n) is 10.2. The number of aromatic nitrogens is 4. The van der Waals surface area contributed by atoms with Crippen molar-refractivity contribution in [2.45, 2.75) is 6.54 Å². The SMILES string of the molecule is Cn1ncc2c(=O)n(Cc3ccc(Br)cc3)cnc21. The summed E-state index contributed by atoms with van der Waals surface area (Å²) in [6.07, 6.45) is 3.12. The van der Waals surface area contributed by atoms with E-state index in [4.69, 9.17) is 0 Å². The van der Waals surface area contributed by atoms with Crippen molar-refractivity contribution in [3.63, 3.8) is 0 Å². The molecule has 96 valence electrons. The lowest BCUT2D eigenvalue weighted by atomic mass is 10.2. The first-order valence-corrected chi connectivity index (χ1v) is 6.56. The van der Waals surface area contributed by atoms with Crippen LogP contribution in [0, 0.1) is 0 Å². The summed E-state index contributed by atoms with van der Waals surface area (Å²) in [5.74, 6) is 0. The maximum atomic E-state index is 12.3. The van der Waals surface area contributed by atoms with Crippen LogP contribution in [0.1, 0.15) is 5.56 Å². The zero-order chi connectivity index (χ0) is 13.4. The van der Waals surface area contributed by atoms with Gasteiger partial charge in [-0.05, 0) is 17.7 Å². The molecule has 6 heteroatoms. The number of rotatable bonds is 2. The molecule has 0 atom stereocenters. The number of halogens is 1. The molecule has 0 saturated heterocycles. The highest BCUT2D eigenvalue weighted by Gasteiger charge is 2.08. The highest BCUT2D eigenvalue weighted by molar-refractivity contribution is 9.10. The largest absolute Gasteiger partial charge is 0.294 e. The van der Waals surface area contributed by atoms with Gasteiger partial charge in [0.1, 0.15) is 11.7 Å². The van der Waals surface area contributed by atoms with Crippen LogP contribution in [0.3, 0.4) is 0 Å². The van der Waals surface area contributed by atoms with Gasteiger partial charge in [-0.15, -0.1) is 0 Å². The van der Waals surface area contributed by atoms with Crippen LogP contribution in [0.15, 0.2) is 46.1 Å². The van der Waals surface area contributed by atoms with Gasteiger partial charge in [0.05, 0.1) is 12.7 Å². The zero-order valence-corrected chi connectivity index (χ0v) is 11.8. The van der Waals surface area contributed by atoms with Crippen LogP contribution in [-0.2, 0) is 13.6 Å². The summed E-state index contributed by atoms with van der Waals surface area (Å²) in [4.78, 5) is 16.5. The van der Waals surface area contributed by atoms with E-state index < -0.39 is 0 Å². The van der Waals surface area contributed by atoms with Gasteiger partial charge in [0.25, 0.3) is 5.56 Å². The van der Waals surface area contributed by atoms with Crippen LogP contribution >= 0.6 is 15.9 Å². The highest BCUT2D eigenvalue weighted by atomic mass is 79.9. The Balaban J connectivity index is 2.04. The molecule has 0 amide bonds. The Bertz CT molecular complexity index is 789. The van der Waals surface area contributed by atoms with E-state index in [1.807, 2.05) is 24.3 Å². The fraction of sp³-hybridized carbons (Fsp3) is 0.154. The van der Waals surface area contributed by atoms with Crippen LogP contribution in [-0.4, -0.2) is 19.3 Å². The molecular weight excluding hydrogens is 308 g/mol. The average molecular weight is 319 g/mol. The normalized spacial score (nSPS) is 11.1. The molecule has 3 aromatic rings. The van der Waals surface area contributed by atoms with E-state index in [1.54, 1.807) is 28.8 Å². The Labute approximate surface area is 117 Å². The molecule has 0 aliphatic rings. The van der Waals surface area contributed by atoms with E-state index in [0.29, 0.717) is 17.6 Å². The predicted octanol–water partition coefficient (Wildman–Crippen LogP) is 1.94. The second kappa shape index (κ2) is 4.62. The first kappa shape index (κ1) is 12.1. The molecule has 0 fully saturated rings. The molecule has 0 aliphatic carbocycles. The smallest absolute Gasteiger partial charge is 0.264 e. The standard InChI is InChI=1S/C13H11BrN4O/c1-17-12-11(6-16-17)13(19)18(8-15-12)7-9-2-4-10(14)5-3-9/h2-6,8H,7H2,1H3. The molecule has 0 spiro atoms. The highest BCUT2D eigenvalue weighted by Crippen LogP contribution is 2.11. The molecule has 2 aromatic heterocycles. The summed E-state index contributed by atoms with van der Waals surface area (Å²) in [6, 6.07) is 7.86. The second-order valence-corrected chi connectivity index (χ2v) is 5.23. The van der Waals surface area contributed by atoms with E-state index in [2.05, 4.69) is 26.0 Å². The van der Waals surface area contributed by atoms with Gasteiger partial charge in [-0.3, -0.25) is 14.0 Å². The van der Waals surface area contributed by atoms with Gasteiger partial charge in [0.2, 0.25) is 0 Å². The van der Waals surface area contributed by atoms with E-state index in [1.165, 1.54) is 0 Å². The summed E-state index contributed by atoms with van der Waals surface area (Å²) in [7, 11) is 1.77. The van der Waals surface area contributed by atoms with Crippen LogP contribution in [0.5, 0.6) is 0 Å². The van der Waals surface area contributed by atoms with E-state index in [-0.39, 0.29) is 5.56 Å². The first-order chi connectivity index (χ1) is 9.15. The lowest BCUT2D eigenvalue weighted by Gasteiger charge is -2.05. The molecule has 0 aliphatic heterocycles. The van der Waals surface area contributed by atoms with Gasteiger partial charge >= 0.3 is 0 Å². The molecule has 0 N–H and O–H groups in total. The van der Waals surface area contributed by atoms with Crippen molar-refractivity contribution in [3.05, 3.63) is 57.2 Å². The number of aryl methyl sites for hydroxylation is 1. The third-order valence-electron chi connectivity index (χ3n) is 2.98. The summed E-state index contributed by atoms with van der Waals surface area (Å²) in [5, 5.41) is 4.59. The maximum Gasteiger partial charge on any atom is 0.264 e.